The smallest absolute Gasteiger partial charge is 0.258 e. The molecule has 0 saturated carbocycles. The minimum absolute atomic E-state index is 0.149. The van der Waals surface area contributed by atoms with Gasteiger partial charge in [-0.15, -0.1) is 11.3 Å². The molecule has 0 spiro atoms. The van der Waals surface area contributed by atoms with E-state index in [1.807, 2.05) is 47.8 Å². The van der Waals surface area contributed by atoms with E-state index in [2.05, 4.69) is 27.1 Å². The highest BCUT2D eigenvalue weighted by atomic mass is 32.1. The lowest BCUT2D eigenvalue weighted by atomic mass is 10.2. The second-order valence-electron chi connectivity index (χ2n) is 6.39. The van der Waals surface area contributed by atoms with Crippen LogP contribution in [-0.2, 0) is 11.2 Å². The number of nitrogens with one attached hydrogen (secondary N) is 2. The molecule has 0 bridgehead atoms. The summed E-state index contributed by atoms with van der Waals surface area (Å²) < 4.78 is 0. The van der Waals surface area contributed by atoms with E-state index in [9.17, 15) is 9.59 Å². The Labute approximate surface area is 171 Å². The number of carbonyl (C=O) groups is 1. The summed E-state index contributed by atoms with van der Waals surface area (Å²) in [4.78, 5) is 32.6. The summed E-state index contributed by atoms with van der Waals surface area (Å²) in [5.41, 5.74) is 1.95. The zero-order chi connectivity index (χ0) is 20.1. The number of aromatic nitrogens is 2. The summed E-state index contributed by atoms with van der Waals surface area (Å²) in [6.07, 6.45) is 0.566. The SMILES string of the molecule is O=C(CCc1nc2ccccc2c(=O)[nH]1)Nc1cccc(C#Cc2cccs2)c1. The highest BCUT2D eigenvalue weighted by Gasteiger charge is 2.07. The molecule has 0 aliphatic rings. The van der Waals surface area contributed by atoms with Crippen LogP contribution in [0, 0.1) is 11.8 Å². The van der Waals surface area contributed by atoms with Crippen molar-refractivity contribution in [3.63, 3.8) is 0 Å². The average molecular weight is 399 g/mol. The van der Waals surface area contributed by atoms with E-state index < -0.39 is 0 Å². The van der Waals surface area contributed by atoms with Crippen molar-refractivity contribution < 1.29 is 4.79 Å². The molecule has 5 nitrogen and oxygen atoms in total. The number of anilines is 1. The number of para-hydroxylation sites is 1. The highest BCUT2D eigenvalue weighted by molar-refractivity contribution is 7.10. The van der Waals surface area contributed by atoms with Crippen molar-refractivity contribution >= 4 is 33.8 Å². The molecule has 4 rings (SSSR count). The van der Waals surface area contributed by atoms with Crippen LogP contribution >= 0.6 is 11.3 Å². The van der Waals surface area contributed by atoms with Crippen LogP contribution in [-0.4, -0.2) is 15.9 Å². The predicted octanol–water partition coefficient (Wildman–Crippen LogP) is 3.96. The molecule has 2 aromatic heterocycles. The summed E-state index contributed by atoms with van der Waals surface area (Å²) in [5, 5.41) is 5.40. The van der Waals surface area contributed by atoms with Crippen LogP contribution in [0.3, 0.4) is 0 Å². The van der Waals surface area contributed by atoms with E-state index in [1.165, 1.54) is 0 Å². The van der Waals surface area contributed by atoms with Crippen molar-refractivity contribution in [3.8, 4) is 11.8 Å². The van der Waals surface area contributed by atoms with Crippen LogP contribution < -0.4 is 10.9 Å². The van der Waals surface area contributed by atoms with Crippen molar-refractivity contribution in [1.82, 2.24) is 9.97 Å². The third-order valence-corrected chi connectivity index (χ3v) is 5.03. The molecule has 2 N–H and O–H groups in total. The van der Waals surface area contributed by atoms with Crippen molar-refractivity contribution in [1.29, 1.82) is 0 Å². The highest BCUT2D eigenvalue weighted by Crippen LogP contribution is 2.12. The number of nitrogens with zero attached hydrogens (tertiary/aromatic N) is 1. The van der Waals surface area contributed by atoms with Gasteiger partial charge in [0.05, 0.1) is 15.8 Å². The van der Waals surface area contributed by atoms with E-state index in [4.69, 9.17) is 0 Å². The number of rotatable bonds is 4. The number of hydrogen-bond donors (Lipinski definition) is 2. The lowest BCUT2D eigenvalue weighted by Gasteiger charge is -2.06. The molecule has 0 unspecified atom stereocenters. The Kier molecular flexibility index (Phi) is 5.50. The zero-order valence-electron chi connectivity index (χ0n) is 15.4. The van der Waals surface area contributed by atoms with E-state index in [0.29, 0.717) is 28.8 Å². The quantitative estimate of drug-likeness (QED) is 0.510. The molecule has 2 heterocycles. The van der Waals surface area contributed by atoms with Gasteiger partial charge in [-0.25, -0.2) is 4.98 Å². The Morgan fingerprint density at radius 2 is 1.97 bits per heavy atom. The fourth-order valence-corrected chi connectivity index (χ4v) is 3.44. The van der Waals surface area contributed by atoms with E-state index in [0.717, 1.165) is 10.4 Å². The first-order valence-electron chi connectivity index (χ1n) is 9.11. The van der Waals surface area contributed by atoms with Crippen molar-refractivity contribution in [3.05, 3.63) is 92.7 Å². The van der Waals surface area contributed by atoms with Gasteiger partial charge in [-0.2, -0.15) is 0 Å². The van der Waals surface area contributed by atoms with Crippen molar-refractivity contribution in [2.24, 2.45) is 0 Å². The summed E-state index contributed by atoms with van der Waals surface area (Å²) in [6, 6.07) is 18.5. The maximum atomic E-state index is 12.3. The molecule has 0 fully saturated rings. The summed E-state index contributed by atoms with van der Waals surface area (Å²) >= 11 is 1.59. The topological polar surface area (TPSA) is 74.8 Å². The number of benzene rings is 2. The van der Waals surface area contributed by atoms with Gasteiger partial charge in [0.2, 0.25) is 5.91 Å². The van der Waals surface area contributed by atoms with Gasteiger partial charge in [0, 0.05) is 24.1 Å². The minimum Gasteiger partial charge on any atom is -0.326 e. The van der Waals surface area contributed by atoms with E-state index in [-0.39, 0.29) is 17.9 Å². The molecule has 6 heteroatoms. The molecule has 0 saturated heterocycles. The first kappa shape index (κ1) is 18.7. The van der Waals surface area contributed by atoms with Gasteiger partial charge in [0.1, 0.15) is 5.82 Å². The largest absolute Gasteiger partial charge is 0.326 e. The number of thiophene rings is 1. The van der Waals surface area contributed by atoms with Crippen LogP contribution in [0.15, 0.2) is 70.8 Å². The fourth-order valence-electron chi connectivity index (χ4n) is 2.87. The van der Waals surface area contributed by atoms with Crippen LogP contribution in [0.5, 0.6) is 0 Å². The Bertz CT molecular complexity index is 1280. The van der Waals surface area contributed by atoms with Gasteiger partial charge in [0.15, 0.2) is 0 Å². The lowest BCUT2D eigenvalue weighted by Crippen LogP contribution is -2.16. The van der Waals surface area contributed by atoms with Gasteiger partial charge < -0.3 is 10.3 Å². The maximum Gasteiger partial charge on any atom is 0.258 e. The van der Waals surface area contributed by atoms with Crippen LogP contribution in [0.25, 0.3) is 10.9 Å². The normalized spacial score (nSPS) is 10.3. The molecule has 0 atom stereocenters. The summed E-state index contributed by atoms with van der Waals surface area (Å²) in [7, 11) is 0. The van der Waals surface area contributed by atoms with Crippen LogP contribution in [0.4, 0.5) is 5.69 Å². The summed E-state index contributed by atoms with van der Waals surface area (Å²) in [5.74, 6) is 6.55. The van der Waals surface area contributed by atoms with Gasteiger partial charge in [-0.3, -0.25) is 9.59 Å². The van der Waals surface area contributed by atoms with Gasteiger partial charge in [-0.05, 0) is 41.8 Å². The predicted molar refractivity (Wildman–Crippen MR) is 116 cm³/mol. The van der Waals surface area contributed by atoms with Crippen LogP contribution in [0.1, 0.15) is 22.7 Å². The second-order valence-corrected chi connectivity index (χ2v) is 7.33. The molecule has 142 valence electrons. The molecule has 4 aromatic rings. The van der Waals surface area contributed by atoms with Crippen molar-refractivity contribution in [2.75, 3.05) is 5.32 Å². The Balaban J connectivity index is 1.40. The number of H-pyrrole nitrogens is 1. The molecular formula is C23H17N3O2S. The number of aryl methyl sites for hydroxylation is 1. The number of carbonyl (C=O) groups excluding carboxylic acids is 1. The lowest BCUT2D eigenvalue weighted by molar-refractivity contribution is -0.116. The number of fused-ring (bicyclic) bond motifs is 1. The number of aromatic amines is 1. The Morgan fingerprint density at radius 3 is 2.83 bits per heavy atom. The molecule has 29 heavy (non-hydrogen) atoms. The third kappa shape index (κ3) is 4.78. The molecular weight excluding hydrogens is 382 g/mol. The third-order valence-electron chi connectivity index (χ3n) is 4.25. The van der Waals surface area contributed by atoms with Crippen LogP contribution in [0.2, 0.25) is 0 Å². The first-order valence-corrected chi connectivity index (χ1v) is 9.99. The number of hydrogen-bond acceptors (Lipinski definition) is 4. The first-order chi connectivity index (χ1) is 14.2. The Morgan fingerprint density at radius 1 is 1.07 bits per heavy atom. The number of amides is 1. The second kappa shape index (κ2) is 8.55. The minimum atomic E-state index is -0.192. The Hall–Kier alpha value is -3.69. The molecule has 1 amide bonds. The molecule has 0 radical (unpaired) electrons. The van der Waals surface area contributed by atoms with Gasteiger partial charge in [-0.1, -0.05) is 36.1 Å². The van der Waals surface area contributed by atoms with E-state index in [1.54, 1.807) is 29.5 Å². The van der Waals surface area contributed by atoms with Gasteiger partial charge in [0.25, 0.3) is 5.56 Å². The van der Waals surface area contributed by atoms with Crippen molar-refractivity contribution in [2.45, 2.75) is 12.8 Å². The molecule has 2 aromatic carbocycles. The van der Waals surface area contributed by atoms with Gasteiger partial charge >= 0.3 is 0 Å². The summed E-state index contributed by atoms with van der Waals surface area (Å²) in [6.45, 7) is 0. The average Bonchev–Trinajstić information content (AvgIpc) is 3.25. The fraction of sp³-hybridized carbons (Fsp3) is 0.0870. The standard InChI is InChI=1S/C23H17N3O2S/c27-22(13-12-21-25-20-9-2-1-8-19(20)23(28)26-21)24-17-6-3-5-16(15-17)10-11-18-7-4-14-29-18/h1-9,14-15H,12-13H2,(H,24,27)(H,25,26,28). The molecule has 0 aliphatic heterocycles. The maximum absolute atomic E-state index is 12.3. The van der Waals surface area contributed by atoms with E-state index >= 15 is 0 Å². The molecule has 0 aliphatic carbocycles. The monoisotopic (exact) mass is 399 g/mol. The zero-order valence-corrected chi connectivity index (χ0v) is 16.3.